The van der Waals surface area contributed by atoms with E-state index >= 15 is 0 Å². The van der Waals surface area contributed by atoms with Crippen molar-refractivity contribution in [2.24, 2.45) is 5.41 Å². The van der Waals surface area contributed by atoms with Crippen LogP contribution in [0, 0.1) is 26.9 Å². The Bertz CT molecular complexity index is 541. The summed E-state index contributed by atoms with van der Waals surface area (Å²) in [7, 11) is 0. The average molecular weight is 289 g/mol. The minimum Gasteiger partial charge on any atom is -0.313 e. The third-order valence-corrected chi connectivity index (χ3v) is 3.50. The Balaban J connectivity index is 3.00. The predicted octanol–water partition coefficient (Wildman–Crippen LogP) is 3.42. The van der Waals surface area contributed by atoms with Crippen LogP contribution in [0.25, 0.3) is 0 Å². The highest BCUT2D eigenvalue weighted by Crippen LogP contribution is 2.25. The van der Waals surface area contributed by atoms with Crippen molar-refractivity contribution in [3.8, 4) is 6.07 Å². The Morgan fingerprint density at radius 1 is 1.43 bits per heavy atom. The largest absolute Gasteiger partial charge is 0.313 e. The third-order valence-electron chi connectivity index (χ3n) is 3.50. The zero-order valence-corrected chi connectivity index (χ0v) is 13.1. The number of benzene rings is 1. The normalized spacial score (nSPS) is 12.7. The van der Waals surface area contributed by atoms with E-state index in [4.69, 9.17) is 5.26 Å². The predicted molar refractivity (Wildman–Crippen MR) is 83.1 cm³/mol. The third kappa shape index (κ3) is 4.83. The van der Waals surface area contributed by atoms with E-state index in [2.05, 4.69) is 33.0 Å². The summed E-state index contributed by atoms with van der Waals surface area (Å²) in [6, 6.07) is 6.96. The van der Waals surface area contributed by atoms with E-state index in [0.717, 1.165) is 24.9 Å². The molecular weight excluding hydrogens is 266 g/mol. The molecule has 0 spiro atoms. The molecule has 1 rings (SSSR count). The maximum atomic E-state index is 10.9. The quantitative estimate of drug-likeness (QED) is 0.643. The van der Waals surface area contributed by atoms with Crippen LogP contribution in [-0.4, -0.2) is 17.5 Å². The first-order valence-electron chi connectivity index (χ1n) is 7.20. The van der Waals surface area contributed by atoms with Gasteiger partial charge in [0, 0.05) is 12.1 Å². The topological polar surface area (TPSA) is 79.0 Å². The maximum Gasteiger partial charge on any atom is 0.287 e. The van der Waals surface area contributed by atoms with Crippen LogP contribution in [0.2, 0.25) is 0 Å². The van der Waals surface area contributed by atoms with Crippen LogP contribution in [0.3, 0.4) is 0 Å². The summed E-state index contributed by atoms with van der Waals surface area (Å²) < 4.78 is 0. The highest BCUT2D eigenvalue weighted by molar-refractivity contribution is 5.50. The molecule has 0 aliphatic carbocycles. The lowest BCUT2D eigenvalue weighted by Gasteiger charge is -2.32. The number of hydrogen-bond donors (Lipinski definition) is 1. The lowest BCUT2D eigenvalue weighted by atomic mass is 9.82. The molecule has 5 nitrogen and oxygen atoms in total. The zero-order chi connectivity index (χ0) is 16.0. The first-order valence-corrected chi connectivity index (χ1v) is 7.20. The van der Waals surface area contributed by atoms with Crippen LogP contribution in [0.4, 0.5) is 5.69 Å². The van der Waals surface area contributed by atoms with Crippen LogP contribution in [0.1, 0.15) is 45.2 Å². The Kier molecular flexibility index (Phi) is 5.86. The van der Waals surface area contributed by atoms with Crippen molar-refractivity contribution in [1.29, 1.82) is 5.26 Å². The Morgan fingerprint density at radius 3 is 2.57 bits per heavy atom. The van der Waals surface area contributed by atoms with E-state index in [0.29, 0.717) is 0 Å². The van der Waals surface area contributed by atoms with Crippen LogP contribution in [0.5, 0.6) is 0 Å². The minimum absolute atomic E-state index is 0.0732. The van der Waals surface area contributed by atoms with Gasteiger partial charge in [-0.25, -0.2) is 0 Å². The molecule has 1 unspecified atom stereocenters. The lowest BCUT2D eigenvalue weighted by Crippen LogP contribution is -2.42. The van der Waals surface area contributed by atoms with Gasteiger partial charge in [0.1, 0.15) is 11.6 Å². The van der Waals surface area contributed by atoms with Crippen molar-refractivity contribution in [3.63, 3.8) is 0 Å². The lowest BCUT2D eigenvalue weighted by molar-refractivity contribution is -0.385. The maximum absolute atomic E-state index is 10.9. The van der Waals surface area contributed by atoms with Gasteiger partial charge in [0.25, 0.3) is 5.69 Å². The van der Waals surface area contributed by atoms with E-state index in [9.17, 15) is 10.1 Å². The van der Waals surface area contributed by atoms with Crippen molar-refractivity contribution in [1.82, 2.24) is 5.32 Å². The number of rotatable bonds is 6. The standard InChI is InChI=1S/C16H23N3O2/c1-5-8-18-15(16(2,3)4)10-12-6-7-14(19(20)21)13(9-12)11-17/h6-7,9,15,18H,5,8,10H2,1-4H3. The molecular formula is C16H23N3O2. The van der Waals surface area contributed by atoms with E-state index in [1.54, 1.807) is 12.1 Å². The number of hydrogen-bond acceptors (Lipinski definition) is 4. The molecule has 114 valence electrons. The van der Waals surface area contributed by atoms with Crippen LogP contribution in [0.15, 0.2) is 18.2 Å². The molecule has 0 heterocycles. The summed E-state index contributed by atoms with van der Waals surface area (Å²) in [5.41, 5.74) is 1.01. The van der Waals surface area contributed by atoms with Crippen LogP contribution >= 0.6 is 0 Å². The first-order chi connectivity index (χ1) is 9.79. The highest BCUT2D eigenvalue weighted by atomic mass is 16.6. The van der Waals surface area contributed by atoms with Gasteiger partial charge < -0.3 is 5.32 Å². The Morgan fingerprint density at radius 2 is 2.10 bits per heavy atom. The number of nitro benzene ring substituents is 1. The fourth-order valence-corrected chi connectivity index (χ4v) is 2.20. The molecule has 0 amide bonds. The SMILES string of the molecule is CCCNC(Cc1ccc([N+](=O)[O-])c(C#N)c1)C(C)(C)C. The molecule has 0 aliphatic heterocycles. The molecule has 0 saturated carbocycles. The van der Waals surface area contributed by atoms with Gasteiger partial charge in [0.15, 0.2) is 0 Å². The molecule has 5 heteroatoms. The van der Waals surface area contributed by atoms with Crippen LogP contribution in [-0.2, 0) is 6.42 Å². The van der Waals surface area contributed by atoms with E-state index in [-0.39, 0.29) is 22.7 Å². The monoisotopic (exact) mass is 289 g/mol. The molecule has 0 aliphatic rings. The Hall–Kier alpha value is -1.93. The molecule has 1 N–H and O–H groups in total. The van der Waals surface area contributed by atoms with E-state index < -0.39 is 4.92 Å². The van der Waals surface area contributed by atoms with Gasteiger partial charge >= 0.3 is 0 Å². The van der Waals surface area contributed by atoms with Gasteiger partial charge in [-0.2, -0.15) is 5.26 Å². The van der Waals surface area contributed by atoms with Gasteiger partial charge in [-0.3, -0.25) is 10.1 Å². The highest BCUT2D eigenvalue weighted by Gasteiger charge is 2.25. The van der Waals surface area contributed by atoms with Crippen molar-refractivity contribution in [2.75, 3.05) is 6.54 Å². The molecule has 0 saturated heterocycles. The second kappa shape index (κ2) is 7.19. The smallest absolute Gasteiger partial charge is 0.287 e. The van der Waals surface area contributed by atoms with Crippen molar-refractivity contribution < 1.29 is 4.92 Å². The van der Waals surface area contributed by atoms with Crippen LogP contribution < -0.4 is 5.32 Å². The summed E-state index contributed by atoms with van der Waals surface area (Å²) in [6.45, 7) is 9.54. The molecule has 0 bridgehead atoms. The number of nitriles is 1. The summed E-state index contributed by atoms with van der Waals surface area (Å²) >= 11 is 0. The summed E-state index contributed by atoms with van der Waals surface area (Å²) in [5, 5.41) is 23.4. The zero-order valence-electron chi connectivity index (χ0n) is 13.1. The van der Waals surface area contributed by atoms with Gasteiger partial charge in [-0.1, -0.05) is 33.8 Å². The summed E-state index contributed by atoms with van der Waals surface area (Å²) in [4.78, 5) is 10.3. The second-order valence-electron chi connectivity index (χ2n) is 6.30. The number of nitrogens with zero attached hydrogens (tertiary/aromatic N) is 2. The van der Waals surface area contributed by atoms with Gasteiger partial charge in [0.05, 0.1) is 4.92 Å². The summed E-state index contributed by atoms with van der Waals surface area (Å²) in [5.74, 6) is 0. The van der Waals surface area contributed by atoms with Crippen molar-refractivity contribution in [3.05, 3.63) is 39.4 Å². The van der Waals surface area contributed by atoms with Crippen molar-refractivity contribution >= 4 is 5.69 Å². The molecule has 0 aromatic heterocycles. The summed E-state index contributed by atoms with van der Waals surface area (Å²) in [6.07, 6.45) is 1.80. The average Bonchev–Trinajstić information content (AvgIpc) is 2.41. The molecule has 1 aromatic rings. The number of nitro groups is 1. The Labute approximate surface area is 126 Å². The first kappa shape index (κ1) is 17.1. The fraction of sp³-hybridized carbons (Fsp3) is 0.562. The van der Waals surface area contributed by atoms with Gasteiger partial charge in [0.2, 0.25) is 0 Å². The van der Waals surface area contributed by atoms with Crippen molar-refractivity contribution in [2.45, 2.75) is 46.6 Å². The molecule has 21 heavy (non-hydrogen) atoms. The second-order valence-corrected chi connectivity index (χ2v) is 6.30. The van der Waals surface area contributed by atoms with Gasteiger partial charge in [-0.15, -0.1) is 0 Å². The van der Waals surface area contributed by atoms with E-state index in [1.165, 1.54) is 6.07 Å². The molecule has 0 radical (unpaired) electrons. The fourth-order valence-electron chi connectivity index (χ4n) is 2.20. The molecule has 1 atom stereocenters. The molecule has 0 fully saturated rings. The molecule has 1 aromatic carbocycles. The number of nitrogens with one attached hydrogen (secondary N) is 1. The van der Waals surface area contributed by atoms with E-state index in [1.807, 2.05) is 6.07 Å². The van der Waals surface area contributed by atoms with Gasteiger partial charge in [-0.05, 0) is 36.4 Å². The minimum atomic E-state index is -0.515.